The standard InChI is InChI=1S/C26H25N5O5/c1-30-12-11-27-25(30)24(18-13-20(35-2)16-21(14-18)36-3)29-26(32)17-9-10-22(23(15-17)31(33)34)28-19-7-5-4-6-8-19/h4-16,24,28H,1-3H3,(H,29,32). The number of hydrogen-bond donors (Lipinski definition) is 2. The number of hydrogen-bond acceptors (Lipinski definition) is 7. The zero-order valence-corrected chi connectivity index (χ0v) is 20.0. The topological polar surface area (TPSA) is 121 Å². The minimum absolute atomic E-state index is 0.134. The Hall–Kier alpha value is -4.86. The minimum atomic E-state index is -0.678. The highest BCUT2D eigenvalue weighted by molar-refractivity contribution is 5.96. The zero-order valence-electron chi connectivity index (χ0n) is 20.0. The molecule has 1 atom stereocenters. The quantitative estimate of drug-likeness (QED) is 0.261. The van der Waals surface area contributed by atoms with Gasteiger partial charge in [0.25, 0.3) is 11.6 Å². The maximum Gasteiger partial charge on any atom is 0.293 e. The number of nitro benzene ring substituents is 1. The smallest absolute Gasteiger partial charge is 0.293 e. The van der Waals surface area contributed by atoms with Crippen molar-refractivity contribution in [1.29, 1.82) is 0 Å². The fraction of sp³-hybridized carbons (Fsp3) is 0.154. The second-order valence-corrected chi connectivity index (χ2v) is 7.93. The Labute approximate surface area is 207 Å². The number of para-hydroxylation sites is 1. The molecule has 0 saturated carbocycles. The first-order valence-corrected chi connectivity index (χ1v) is 11.0. The van der Waals surface area contributed by atoms with Gasteiger partial charge in [0.15, 0.2) is 0 Å². The van der Waals surface area contributed by atoms with E-state index in [-0.39, 0.29) is 16.9 Å². The van der Waals surface area contributed by atoms with Gasteiger partial charge in [-0.15, -0.1) is 0 Å². The van der Waals surface area contributed by atoms with Crippen molar-refractivity contribution in [2.45, 2.75) is 6.04 Å². The van der Waals surface area contributed by atoms with Gasteiger partial charge in [-0.2, -0.15) is 0 Å². The predicted molar refractivity (Wildman–Crippen MR) is 135 cm³/mol. The van der Waals surface area contributed by atoms with Gasteiger partial charge in [-0.05, 0) is 42.0 Å². The van der Waals surface area contributed by atoms with Crippen molar-refractivity contribution in [3.05, 3.63) is 106 Å². The maximum atomic E-state index is 13.3. The number of aromatic nitrogens is 2. The fourth-order valence-electron chi connectivity index (χ4n) is 3.77. The van der Waals surface area contributed by atoms with Gasteiger partial charge in [0.2, 0.25) is 0 Å². The molecule has 0 spiro atoms. The third-order valence-corrected chi connectivity index (χ3v) is 5.61. The molecule has 1 unspecified atom stereocenters. The van der Waals surface area contributed by atoms with Crippen molar-refractivity contribution in [3.8, 4) is 11.5 Å². The highest BCUT2D eigenvalue weighted by Gasteiger charge is 2.25. The molecule has 2 N–H and O–H groups in total. The molecule has 1 amide bonds. The predicted octanol–water partition coefficient (Wildman–Crippen LogP) is 4.61. The third-order valence-electron chi connectivity index (χ3n) is 5.61. The van der Waals surface area contributed by atoms with Crippen molar-refractivity contribution in [2.75, 3.05) is 19.5 Å². The molecule has 1 aromatic heterocycles. The molecule has 4 rings (SSSR count). The molecule has 36 heavy (non-hydrogen) atoms. The summed E-state index contributed by atoms with van der Waals surface area (Å²) in [6.07, 6.45) is 3.39. The van der Waals surface area contributed by atoms with Crippen LogP contribution in [0.3, 0.4) is 0 Å². The lowest BCUT2D eigenvalue weighted by Gasteiger charge is -2.21. The van der Waals surface area contributed by atoms with Crippen LogP contribution in [0.2, 0.25) is 0 Å². The Kier molecular flexibility index (Phi) is 7.15. The van der Waals surface area contributed by atoms with E-state index in [1.54, 1.807) is 47.3 Å². The lowest BCUT2D eigenvalue weighted by atomic mass is 10.0. The molecule has 4 aromatic rings. The van der Waals surface area contributed by atoms with Crippen LogP contribution in [0, 0.1) is 10.1 Å². The number of anilines is 2. The number of nitrogens with zero attached hydrogens (tertiary/aromatic N) is 3. The average Bonchev–Trinajstić information content (AvgIpc) is 3.32. The Morgan fingerprint density at radius 3 is 2.31 bits per heavy atom. The van der Waals surface area contributed by atoms with Crippen molar-refractivity contribution < 1.29 is 19.2 Å². The summed E-state index contributed by atoms with van der Waals surface area (Å²) in [6.45, 7) is 0. The van der Waals surface area contributed by atoms with Crippen molar-refractivity contribution in [3.63, 3.8) is 0 Å². The number of benzene rings is 3. The summed E-state index contributed by atoms with van der Waals surface area (Å²) in [5.74, 6) is 1.16. The first-order chi connectivity index (χ1) is 17.4. The number of amides is 1. The van der Waals surface area contributed by atoms with E-state index in [9.17, 15) is 14.9 Å². The minimum Gasteiger partial charge on any atom is -0.497 e. The molecular formula is C26H25N5O5. The zero-order chi connectivity index (χ0) is 25.7. The van der Waals surface area contributed by atoms with E-state index in [1.807, 2.05) is 25.2 Å². The molecule has 0 radical (unpaired) electrons. The van der Waals surface area contributed by atoms with Crippen LogP contribution in [0.15, 0.2) is 79.1 Å². The van der Waals surface area contributed by atoms with Crippen LogP contribution in [0.5, 0.6) is 11.5 Å². The van der Waals surface area contributed by atoms with Crippen LogP contribution in [-0.4, -0.2) is 34.6 Å². The highest BCUT2D eigenvalue weighted by Crippen LogP contribution is 2.31. The van der Waals surface area contributed by atoms with Crippen LogP contribution in [0.4, 0.5) is 17.1 Å². The maximum absolute atomic E-state index is 13.3. The number of rotatable bonds is 9. The SMILES string of the molecule is COc1cc(OC)cc(C(NC(=O)c2ccc(Nc3ccccc3)c([N+](=O)[O-])c2)c2nccn2C)c1. The van der Waals surface area contributed by atoms with Crippen LogP contribution in [0.1, 0.15) is 27.8 Å². The Morgan fingerprint density at radius 1 is 1.03 bits per heavy atom. The van der Waals surface area contributed by atoms with Gasteiger partial charge < -0.3 is 24.7 Å². The number of carbonyl (C=O) groups excluding carboxylic acids is 1. The Morgan fingerprint density at radius 2 is 1.72 bits per heavy atom. The first kappa shape index (κ1) is 24.3. The molecule has 0 saturated heterocycles. The monoisotopic (exact) mass is 487 g/mol. The Balaban J connectivity index is 1.68. The molecule has 0 aliphatic rings. The van der Waals surface area contributed by atoms with Gasteiger partial charge in [0, 0.05) is 42.8 Å². The van der Waals surface area contributed by atoms with E-state index < -0.39 is 16.9 Å². The normalized spacial score (nSPS) is 11.4. The Bertz CT molecular complexity index is 1360. The van der Waals surface area contributed by atoms with E-state index >= 15 is 0 Å². The first-order valence-electron chi connectivity index (χ1n) is 11.0. The lowest BCUT2D eigenvalue weighted by molar-refractivity contribution is -0.383. The van der Waals surface area contributed by atoms with Gasteiger partial charge in [-0.1, -0.05) is 18.2 Å². The summed E-state index contributed by atoms with van der Waals surface area (Å²) in [4.78, 5) is 29.0. The summed E-state index contributed by atoms with van der Waals surface area (Å²) in [5, 5.41) is 17.8. The molecule has 3 aromatic carbocycles. The second-order valence-electron chi connectivity index (χ2n) is 7.93. The average molecular weight is 488 g/mol. The van der Waals surface area contributed by atoms with Gasteiger partial charge in [-0.3, -0.25) is 14.9 Å². The van der Waals surface area contributed by atoms with E-state index in [0.29, 0.717) is 28.6 Å². The molecule has 10 heteroatoms. The van der Waals surface area contributed by atoms with Crippen molar-refractivity contribution >= 4 is 23.0 Å². The molecule has 1 heterocycles. The van der Waals surface area contributed by atoms with Crippen molar-refractivity contribution in [1.82, 2.24) is 14.9 Å². The van der Waals surface area contributed by atoms with Crippen molar-refractivity contribution in [2.24, 2.45) is 7.05 Å². The van der Waals surface area contributed by atoms with Crippen LogP contribution >= 0.6 is 0 Å². The summed E-state index contributed by atoms with van der Waals surface area (Å²) in [6, 6.07) is 18.0. The van der Waals surface area contributed by atoms with Crippen LogP contribution < -0.4 is 20.1 Å². The third kappa shape index (κ3) is 5.27. The summed E-state index contributed by atoms with van der Waals surface area (Å²) in [7, 11) is 4.89. The van der Waals surface area contributed by atoms with E-state index in [4.69, 9.17) is 9.47 Å². The fourth-order valence-corrected chi connectivity index (χ4v) is 3.77. The molecule has 10 nitrogen and oxygen atoms in total. The summed E-state index contributed by atoms with van der Waals surface area (Å²) >= 11 is 0. The summed E-state index contributed by atoms with van der Waals surface area (Å²) in [5.41, 5.74) is 1.56. The van der Waals surface area contributed by atoms with Gasteiger partial charge in [0.1, 0.15) is 29.1 Å². The van der Waals surface area contributed by atoms with Crippen LogP contribution in [0.25, 0.3) is 0 Å². The molecule has 0 fully saturated rings. The lowest BCUT2D eigenvalue weighted by Crippen LogP contribution is -2.31. The van der Waals surface area contributed by atoms with E-state index in [2.05, 4.69) is 15.6 Å². The number of nitrogens with one attached hydrogen (secondary N) is 2. The second kappa shape index (κ2) is 10.6. The number of imidazole rings is 1. The van der Waals surface area contributed by atoms with Crippen LogP contribution in [-0.2, 0) is 7.05 Å². The van der Waals surface area contributed by atoms with E-state index in [1.165, 1.54) is 32.4 Å². The molecule has 0 bridgehead atoms. The highest BCUT2D eigenvalue weighted by atomic mass is 16.6. The number of carbonyl (C=O) groups is 1. The molecular weight excluding hydrogens is 462 g/mol. The van der Waals surface area contributed by atoms with Gasteiger partial charge in [0.05, 0.1) is 19.1 Å². The number of nitro groups is 1. The largest absolute Gasteiger partial charge is 0.497 e. The number of aryl methyl sites for hydroxylation is 1. The van der Waals surface area contributed by atoms with Gasteiger partial charge in [-0.25, -0.2) is 4.98 Å². The number of ether oxygens (including phenoxy) is 2. The van der Waals surface area contributed by atoms with E-state index in [0.717, 1.165) is 0 Å². The number of methoxy groups -OCH3 is 2. The molecule has 0 aliphatic carbocycles. The summed E-state index contributed by atoms with van der Waals surface area (Å²) < 4.78 is 12.6. The molecule has 184 valence electrons. The van der Waals surface area contributed by atoms with Gasteiger partial charge >= 0.3 is 0 Å². The molecule has 0 aliphatic heterocycles.